The first-order valence-electron chi connectivity index (χ1n) is 21.9. The molecule has 0 aromatic heterocycles. The van der Waals surface area contributed by atoms with Gasteiger partial charge in [-0.15, -0.1) is 0 Å². The van der Waals surface area contributed by atoms with Crippen LogP contribution in [0.3, 0.4) is 0 Å². The van der Waals surface area contributed by atoms with Crippen molar-refractivity contribution in [1.29, 1.82) is 0 Å². The van der Waals surface area contributed by atoms with Crippen LogP contribution in [0.2, 0.25) is 0 Å². The highest BCUT2D eigenvalue weighted by molar-refractivity contribution is 6.10. The molecule has 1 aliphatic rings. The first-order valence-corrected chi connectivity index (χ1v) is 21.9. The zero-order chi connectivity index (χ0) is 42.4. The molecule has 0 fully saturated rings. The van der Waals surface area contributed by atoms with Gasteiger partial charge in [-0.1, -0.05) is 200 Å². The minimum absolute atomic E-state index is 0.893. The fraction of sp³-hybridized carbons (Fsp3) is 0. The molecule has 0 N–H and O–H groups in total. The van der Waals surface area contributed by atoms with Crippen LogP contribution in [0, 0.1) is 0 Å². The van der Waals surface area contributed by atoms with E-state index in [9.17, 15) is 0 Å². The molecule has 1 aliphatic heterocycles. The van der Waals surface area contributed by atoms with Gasteiger partial charge in [0.2, 0.25) is 0 Å². The second-order valence-corrected chi connectivity index (χ2v) is 16.5. The normalized spacial score (nSPS) is 11.6. The number of hydrogen-bond donors (Lipinski definition) is 0. The van der Waals surface area contributed by atoms with Gasteiger partial charge in [0, 0.05) is 28.0 Å². The van der Waals surface area contributed by atoms with Gasteiger partial charge in [0.25, 0.3) is 0 Å². The molecule has 2 nitrogen and oxygen atoms in total. The molecule has 11 aromatic carbocycles. The lowest BCUT2D eigenvalue weighted by Crippen LogP contribution is -2.10. The Hall–Kier alpha value is -8.46. The molecule has 0 aliphatic carbocycles. The van der Waals surface area contributed by atoms with E-state index < -0.39 is 0 Å². The topological polar surface area (TPSA) is 12.5 Å². The largest absolute Gasteiger partial charge is 0.456 e. The van der Waals surface area contributed by atoms with Crippen LogP contribution in [0.4, 0.5) is 17.1 Å². The van der Waals surface area contributed by atoms with Crippen LogP contribution >= 0.6 is 0 Å². The molecule has 1 heterocycles. The Morgan fingerprint density at radius 1 is 0.250 bits per heavy atom. The van der Waals surface area contributed by atoms with Crippen molar-refractivity contribution in [2.75, 3.05) is 4.90 Å². The van der Waals surface area contributed by atoms with Gasteiger partial charge in [0.15, 0.2) is 0 Å². The molecule has 0 saturated carbocycles. The lowest BCUT2D eigenvalue weighted by molar-refractivity contribution is 0.487. The third-order valence-electron chi connectivity index (χ3n) is 12.7. The monoisotopic (exact) mass is 815 g/mol. The average molecular weight is 816 g/mol. The van der Waals surface area contributed by atoms with Crippen LogP contribution in [0.15, 0.2) is 249 Å². The third kappa shape index (κ3) is 6.70. The van der Waals surface area contributed by atoms with E-state index in [1.165, 1.54) is 71.8 Å². The fourth-order valence-corrected chi connectivity index (χ4v) is 9.50. The molecule has 11 aromatic rings. The maximum atomic E-state index is 6.46. The fourth-order valence-electron chi connectivity index (χ4n) is 9.50. The average Bonchev–Trinajstić information content (AvgIpc) is 3.37. The van der Waals surface area contributed by atoms with Gasteiger partial charge >= 0.3 is 0 Å². The highest BCUT2D eigenvalue weighted by atomic mass is 16.5. The summed E-state index contributed by atoms with van der Waals surface area (Å²) in [4.78, 5) is 2.36. The lowest BCUT2D eigenvalue weighted by Gasteiger charge is -2.27. The van der Waals surface area contributed by atoms with E-state index in [1.807, 2.05) is 12.1 Å². The summed E-state index contributed by atoms with van der Waals surface area (Å²) in [6.45, 7) is 0. The van der Waals surface area contributed by atoms with Gasteiger partial charge in [0.1, 0.15) is 11.5 Å². The molecular weight excluding hydrogens is 775 g/mol. The summed E-state index contributed by atoms with van der Waals surface area (Å²) in [6.07, 6.45) is 0. The minimum Gasteiger partial charge on any atom is -0.456 e. The molecule has 0 atom stereocenters. The number of nitrogens with zero attached hydrogens (tertiary/aromatic N) is 1. The maximum Gasteiger partial charge on any atom is 0.135 e. The van der Waals surface area contributed by atoms with E-state index in [0.717, 1.165) is 45.1 Å². The molecule has 64 heavy (non-hydrogen) atoms. The summed E-state index contributed by atoms with van der Waals surface area (Å²) in [7, 11) is 0. The van der Waals surface area contributed by atoms with Gasteiger partial charge in [-0.3, -0.25) is 0 Å². The van der Waals surface area contributed by atoms with Crippen molar-refractivity contribution in [2.24, 2.45) is 0 Å². The molecule has 0 spiro atoms. The first-order chi connectivity index (χ1) is 31.7. The van der Waals surface area contributed by atoms with Gasteiger partial charge in [-0.05, 0) is 126 Å². The van der Waals surface area contributed by atoms with Crippen LogP contribution in [0.5, 0.6) is 11.5 Å². The van der Waals surface area contributed by atoms with Crippen LogP contribution in [0.1, 0.15) is 0 Å². The second-order valence-electron chi connectivity index (χ2n) is 16.5. The van der Waals surface area contributed by atoms with E-state index in [4.69, 9.17) is 4.74 Å². The number of para-hydroxylation sites is 1. The van der Waals surface area contributed by atoms with Gasteiger partial charge in [0.05, 0.1) is 0 Å². The summed E-state index contributed by atoms with van der Waals surface area (Å²) in [6, 6.07) is 89.6. The van der Waals surface area contributed by atoms with E-state index in [2.05, 4.69) is 241 Å². The Labute approximate surface area is 373 Å². The van der Waals surface area contributed by atoms with E-state index >= 15 is 0 Å². The number of fused-ring (bicyclic) bond motifs is 3. The summed E-state index contributed by atoms with van der Waals surface area (Å²) >= 11 is 0. The summed E-state index contributed by atoms with van der Waals surface area (Å²) in [5, 5.41) is 4.84. The highest BCUT2D eigenvalue weighted by Gasteiger charge is 2.22. The number of anilines is 3. The molecule has 300 valence electrons. The van der Waals surface area contributed by atoms with E-state index in [0.29, 0.717) is 0 Å². The number of hydrogen-bond acceptors (Lipinski definition) is 2. The van der Waals surface area contributed by atoms with Gasteiger partial charge in [-0.2, -0.15) is 0 Å². The van der Waals surface area contributed by atoms with E-state index in [-0.39, 0.29) is 0 Å². The van der Waals surface area contributed by atoms with Crippen LogP contribution in [-0.4, -0.2) is 0 Å². The molecule has 0 unspecified atom stereocenters. The number of ether oxygens (including phenoxy) is 1. The molecule has 0 bridgehead atoms. The molecule has 0 amide bonds. The SMILES string of the molecule is c1ccc(-c2ccc(-c3ccc(N(c4ccc(-c5ccc(-c6cccc7ccccc67)cc5)cc4)c4cccc(-c5ccc6c7c(cccc57)-c5ccccc5O6)c4)cc3)cc2)cc1. The van der Waals surface area contributed by atoms with Crippen molar-refractivity contribution in [1.82, 2.24) is 0 Å². The molecule has 0 radical (unpaired) electrons. The predicted octanol–water partition coefficient (Wildman–Crippen LogP) is 17.6. The van der Waals surface area contributed by atoms with Crippen molar-refractivity contribution in [3.05, 3.63) is 249 Å². The first kappa shape index (κ1) is 37.3. The maximum absolute atomic E-state index is 6.46. The smallest absolute Gasteiger partial charge is 0.135 e. The zero-order valence-electron chi connectivity index (χ0n) is 35.0. The zero-order valence-corrected chi connectivity index (χ0v) is 35.0. The summed E-state index contributed by atoms with van der Waals surface area (Å²) < 4.78 is 6.46. The summed E-state index contributed by atoms with van der Waals surface area (Å²) in [5.41, 5.74) is 17.5. The molecule has 2 heteroatoms. The van der Waals surface area contributed by atoms with Crippen molar-refractivity contribution in [2.45, 2.75) is 0 Å². The highest BCUT2D eigenvalue weighted by Crippen LogP contribution is 2.49. The Morgan fingerprint density at radius 2 is 0.719 bits per heavy atom. The molecular formula is C62H41NO. The van der Waals surface area contributed by atoms with Crippen molar-refractivity contribution < 1.29 is 4.74 Å². The third-order valence-corrected chi connectivity index (χ3v) is 12.7. The van der Waals surface area contributed by atoms with Crippen molar-refractivity contribution in [3.63, 3.8) is 0 Å². The standard InChI is InChI=1S/C62H41NO/c1-2-11-42(12-3-1)43-23-25-44(26-24-43)46-31-35-51(36-32-46)63(52-37-33-47(34-38-52)45-27-29-49(30-28-45)55-19-9-14-48-13-4-5-17-54(48)55)53-16-8-15-50(41-53)56-39-40-61-62-58(56)20-10-21-59(62)57-18-6-7-22-60(57)64-61/h1-41H. The second kappa shape index (κ2) is 15.8. The van der Waals surface area contributed by atoms with Gasteiger partial charge in [-0.25, -0.2) is 0 Å². The summed E-state index contributed by atoms with van der Waals surface area (Å²) in [5.74, 6) is 1.79. The lowest BCUT2D eigenvalue weighted by atomic mass is 9.90. The van der Waals surface area contributed by atoms with Crippen LogP contribution < -0.4 is 9.64 Å². The Balaban J connectivity index is 0.914. The van der Waals surface area contributed by atoms with Crippen molar-refractivity contribution >= 4 is 38.6 Å². The Bertz CT molecular complexity index is 3480. The van der Waals surface area contributed by atoms with Crippen molar-refractivity contribution in [3.8, 4) is 78.3 Å². The van der Waals surface area contributed by atoms with Crippen LogP contribution in [-0.2, 0) is 0 Å². The number of rotatable bonds is 8. The van der Waals surface area contributed by atoms with E-state index in [1.54, 1.807) is 0 Å². The number of benzene rings is 11. The van der Waals surface area contributed by atoms with Gasteiger partial charge < -0.3 is 9.64 Å². The predicted molar refractivity (Wildman–Crippen MR) is 269 cm³/mol. The molecule has 12 rings (SSSR count). The molecule has 0 saturated heterocycles. The van der Waals surface area contributed by atoms with Crippen LogP contribution in [0.25, 0.3) is 88.3 Å². The Morgan fingerprint density at radius 3 is 1.42 bits per heavy atom. The quantitative estimate of drug-likeness (QED) is 0.151. The Kier molecular flexibility index (Phi) is 9.20. The minimum atomic E-state index is 0.893.